The Kier molecular flexibility index (Phi) is 3.54. The van der Waals surface area contributed by atoms with E-state index >= 15 is 0 Å². The Bertz CT molecular complexity index is 544. The van der Waals surface area contributed by atoms with Crippen LogP contribution in [0.2, 0.25) is 0 Å². The Balaban J connectivity index is 2.26. The first-order valence-corrected chi connectivity index (χ1v) is 5.19. The maximum absolute atomic E-state index is 13.2. The molecule has 0 aliphatic rings. The molecule has 0 amide bonds. The third kappa shape index (κ3) is 2.47. The van der Waals surface area contributed by atoms with E-state index in [-0.39, 0.29) is 18.3 Å². The van der Waals surface area contributed by atoms with Gasteiger partial charge in [-0.25, -0.2) is 4.39 Å². The zero-order valence-electron chi connectivity index (χ0n) is 9.63. The van der Waals surface area contributed by atoms with Crippen molar-refractivity contribution in [1.29, 1.82) is 0 Å². The minimum absolute atomic E-state index is 0.204. The molecule has 1 aromatic carbocycles. The summed E-state index contributed by atoms with van der Waals surface area (Å²) in [7, 11) is 1.51. The summed E-state index contributed by atoms with van der Waals surface area (Å²) in [6.07, 6.45) is 0. The van der Waals surface area contributed by atoms with Crippen LogP contribution in [0.25, 0.3) is 11.4 Å². The minimum Gasteiger partial charge on any atom is -0.505 e. The fraction of sp³-hybridized carbons (Fsp3) is 0.273. The molecule has 0 aliphatic heterocycles. The molecule has 1 heterocycles. The number of methoxy groups -OCH3 is 1. The predicted octanol–water partition coefficient (Wildman–Crippen LogP) is 1.23. The highest BCUT2D eigenvalue weighted by Gasteiger charge is 2.16. The van der Waals surface area contributed by atoms with Gasteiger partial charge in [0.05, 0.1) is 6.61 Å². The van der Waals surface area contributed by atoms with E-state index in [1.165, 1.54) is 19.2 Å². The Morgan fingerprint density at radius 1 is 1.56 bits per heavy atom. The van der Waals surface area contributed by atoms with Gasteiger partial charge in [0.1, 0.15) is 6.04 Å². The van der Waals surface area contributed by atoms with E-state index < -0.39 is 17.6 Å². The summed E-state index contributed by atoms with van der Waals surface area (Å²) in [5.41, 5.74) is 6.11. The predicted molar refractivity (Wildman–Crippen MR) is 60.2 cm³/mol. The molecular weight excluding hydrogens is 241 g/mol. The van der Waals surface area contributed by atoms with Crippen LogP contribution >= 0.6 is 0 Å². The number of phenolic OH excluding ortho intramolecular Hbond substituents is 1. The van der Waals surface area contributed by atoms with Gasteiger partial charge in [0, 0.05) is 12.7 Å². The second-order valence-corrected chi connectivity index (χ2v) is 3.68. The van der Waals surface area contributed by atoms with Crippen LogP contribution in [0.1, 0.15) is 11.9 Å². The van der Waals surface area contributed by atoms with E-state index in [4.69, 9.17) is 20.1 Å². The highest BCUT2D eigenvalue weighted by Crippen LogP contribution is 2.23. The topological polar surface area (TPSA) is 94.4 Å². The Hall–Kier alpha value is -1.99. The number of hydrogen-bond donors (Lipinski definition) is 2. The number of phenols is 1. The average Bonchev–Trinajstić information content (AvgIpc) is 2.82. The number of nitrogens with two attached hydrogens (primary N) is 1. The van der Waals surface area contributed by atoms with E-state index in [0.29, 0.717) is 5.56 Å². The number of halogens is 1. The maximum atomic E-state index is 13.2. The molecule has 1 atom stereocenters. The lowest BCUT2D eigenvalue weighted by Crippen LogP contribution is -2.16. The van der Waals surface area contributed by atoms with Crippen LogP contribution in [0.3, 0.4) is 0 Å². The van der Waals surface area contributed by atoms with E-state index in [9.17, 15) is 4.39 Å². The highest BCUT2D eigenvalue weighted by atomic mass is 19.1. The molecule has 0 aliphatic carbocycles. The van der Waals surface area contributed by atoms with Crippen molar-refractivity contribution in [2.75, 3.05) is 13.7 Å². The molecule has 0 bridgehead atoms. The van der Waals surface area contributed by atoms with Crippen LogP contribution in [-0.4, -0.2) is 29.0 Å². The van der Waals surface area contributed by atoms with Crippen molar-refractivity contribution < 1.29 is 18.8 Å². The van der Waals surface area contributed by atoms with Gasteiger partial charge in [0.15, 0.2) is 11.6 Å². The molecule has 0 fully saturated rings. The summed E-state index contributed by atoms with van der Waals surface area (Å²) >= 11 is 0. The Labute approximate surface area is 102 Å². The molecular formula is C11H12FN3O3. The first kappa shape index (κ1) is 12.5. The van der Waals surface area contributed by atoms with Crippen LogP contribution in [0.4, 0.5) is 4.39 Å². The zero-order valence-corrected chi connectivity index (χ0v) is 9.63. The van der Waals surface area contributed by atoms with E-state index in [2.05, 4.69) is 10.1 Å². The van der Waals surface area contributed by atoms with Crippen LogP contribution in [0.5, 0.6) is 5.75 Å². The fourth-order valence-electron chi connectivity index (χ4n) is 1.40. The van der Waals surface area contributed by atoms with Crippen molar-refractivity contribution in [2.45, 2.75) is 6.04 Å². The number of aromatic nitrogens is 2. The number of aromatic hydroxyl groups is 1. The maximum Gasteiger partial charge on any atom is 0.246 e. The molecule has 2 rings (SSSR count). The van der Waals surface area contributed by atoms with Gasteiger partial charge in [-0.05, 0) is 18.2 Å². The molecule has 0 spiro atoms. The smallest absolute Gasteiger partial charge is 0.246 e. The second-order valence-electron chi connectivity index (χ2n) is 3.68. The van der Waals surface area contributed by atoms with Crippen LogP contribution in [-0.2, 0) is 4.74 Å². The van der Waals surface area contributed by atoms with Crippen molar-refractivity contribution in [3.05, 3.63) is 29.9 Å². The highest BCUT2D eigenvalue weighted by molar-refractivity contribution is 5.55. The number of ether oxygens (including phenoxy) is 1. The minimum atomic E-state index is -0.750. The summed E-state index contributed by atoms with van der Waals surface area (Å²) in [6, 6.07) is 3.29. The number of benzene rings is 1. The van der Waals surface area contributed by atoms with Gasteiger partial charge >= 0.3 is 0 Å². The molecule has 6 nitrogen and oxygen atoms in total. The Morgan fingerprint density at radius 2 is 2.33 bits per heavy atom. The molecule has 96 valence electrons. The van der Waals surface area contributed by atoms with Gasteiger partial charge in [-0.3, -0.25) is 0 Å². The van der Waals surface area contributed by atoms with Crippen molar-refractivity contribution >= 4 is 0 Å². The summed E-state index contributed by atoms with van der Waals surface area (Å²) in [4.78, 5) is 4.04. The number of nitrogens with zero attached hydrogens (tertiary/aromatic N) is 2. The van der Waals surface area contributed by atoms with Gasteiger partial charge in [-0.1, -0.05) is 5.16 Å². The van der Waals surface area contributed by atoms with E-state index in [1.807, 2.05) is 0 Å². The van der Waals surface area contributed by atoms with Crippen LogP contribution in [0.15, 0.2) is 22.7 Å². The quantitative estimate of drug-likeness (QED) is 0.850. The fourth-order valence-corrected chi connectivity index (χ4v) is 1.40. The van der Waals surface area contributed by atoms with Gasteiger partial charge in [-0.15, -0.1) is 0 Å². The van der Waals surface area contributed by atoms with Crippen molar-refractivity contribution in [3.63, 3.8) is 0 Å². The summed E-state index contributed by atoms with van der Waals surface area (Å²) in [6.45, 7) is 0.242. The molecule has 1 unspecified atom stereocenters. The lowest BCUT2D eigenvalue weighted by Gasteiger charge is -2.02. The summed E-state index contributed by atoms with van der Waals surface area (Å²) < 4.78 is 23.0. The monoisotopic (exact) mass is 253 g/mol. The van der Waals surface area contributed by atoms with Gasteiger partial charge < -0.3 is 20.1 Å². The standard InChI is InChI=1S/C11H12FN3O3/c1-17-5-8(13)11-14-10(15-18-11)6-2-3-9(16)7(12)4-6/h2-4,8,16H,5,13H2,1H3. The normalized spacial score (nSPS) is 12.6. The SMILES string of the molecule is COCC(N)c1nc(-c2ccc(O)c(F)c2)no1. The average molecular weight is 253 g/mol. The molecule has 18 heavy (non-hydrogen) atoms. The van der Waals surface area contributed by atoms with Crippen LogP contribution in [0, 0.1) is 5.82 Å². The van der Waals surface area contributed by atoms with Crippen LogP contribution < -0.4 is 5.73 Å². The summed E-state index contributed by atoms with van der Waals surface area (Å²) in [5, 5.41) is 12.8. The lowest BCUT2D eigenvalue weighted by atomic mass is 10.2. The third-order valence-electron chi connectivity index (χ3n) is 2.31. The molecule has 0 saturated heterocycles. The largest absolute Gasteiger partial charge is 0.505 e. The Morgan fingerprint density at radius 3 is 3.00 bits per heavy atom. The van der Waals surface area contributed by atoms with Gasteiger partial charge in [-0.2, -0.15) is 4.98 Å². The first-order chi connectivity index (χ1) is 8.61. The lowest BCUT2D eigenvalue weighted by molar-refractivity contribution is 0.166. The molecule has 0 saturated carbocycles. The summed E-state index contributed by atoms with van der Waals surface area (Å²) in [5.74, 6) is -0.769. The van der Waals surface area contributed by atoms with Gasteiger partial charge in [0.25, 0.3) is 0 Å². The van der Waals surface area contributed by atoms with Crippen molar-refractivity contribution in [1.82, 2.24) is 10.1 Å². The van der Waals surface area contributed by atoms with Crippen molar-refractivity contribution in [3.8, 4) is 17.1 Å². The van der Waals surface area contributed by atoms with E-state index in [0.717, 1.165) is 6.07 Å². The molecule has 0 radical (unpaired) electrons. The molecule has 2 aromatic rings. The third-order valence-corrected chi connectivity index (χ3v) is 2.31. The van der Waals surface area contributed by atoms with Gasteiger partial charge in [0.2, 0.25) is 11.7 Å². The van der Waals surface area contributed by atoms with E-state index in [1.54, 1.807) is 0 Å². The molecule has 3 N–H and O–H groups in total. The zero-order chi connectivity index (χ0) is 13.1. The second kappa shape index (κ2) is 5.11. The first-order valence-electron chi connectivity index (χ1n) is 5.19. The molecule has 1 aromatic heterocycles. The number of rotatable bonds is 4. The van der Waals surface area contributed by atoms with Crippen molar-refractivity contribution in [2.24, 2.45) is 5.73 Å². The molecule has 7 heteroatoms. The number of hydrogen-bond acceptors (Lipinski definition) is 6.